The van der Waals surface area contributed by atoms with Gasteiger partial charge in [-0.15, -0.1) is 0 Å². The maximum absolute atomic E-state index is 11.9. The average molecular weight is 288 g/mol. The highest BCUT2D eigenvalue weighted by atomic mass is 16.1. The number of anilines is 1. The first-order valence-corrected chi connectivity index (χ1v) is 7.33. The zero-order valence-corrected chi connectivity index (χ0v) is 11.9. The topological polar surface area (TPSA) is 76.8 Å². The number of hydrogen-bond donors (Lipinski definition) is 2. The van der Waals surface area contributed by atoms with Crippen LogP contribution in [0.1, 0.15) is 25.3 Å². The summed E-state index contributed by atoms with van der Waals surface area (Å²) in [6.07, 6.45) is 9.75. The number of nitrogens with zero attached hydrogens (tertiary/aromatic N) is 4. The third-order valence-electron chi connectivity index (χ3n) is 3.70. The van der Waals surface area contributed by atoms with E-state index in [1.807, 2.05) is 23.1 Å². The molecule has 3 heterocycles. The molecule has 0 unspecified atom stereocenters. The van der Waals surface area contributed by atoms with Gasteiger partial charge in [0, 0.05) is 31.6 Å². The Balaban J connectivity index is 1.50. The zero-order valence-electron chi connectivity index (χ0n) is 11.9. The van der Waals surface area contributed by atoms with Gasteiger partial charge in [-0.1, -0.05) is 0 Å². The third kappa shape index (κ3) is 3.69. The number of hydrogen-bond acceptors (Lipinski definition) is 4. The van der Waals surface area contributed by atoms with E-state index in [2.05, 4.69) is 20.8 Å². The lowest BCUT2D eigenvalue weighted by Crippen LogP contribution is -2.29. The van der Waals surface area contributed by atoms with Crippen molar-refractivity contribution < 1.29 is 4.79 Å². The number of rotatable bonds is 5. The molecular weight excluding hydrogens is 268 g/mol. The average Bonchev–Trinajstić information content (AvgIpc) is 3.17. The van der Waals surface area contributed by atoms with Crippen molar-refractivity contribution >= 4 is 11.6 Å². The third-order valence-corrected chi connectivity index (χ3v) is 3.70. The number of carbonyl (C=O) groups excluding carboxylic acids is 1. The van der Waals surface area contributed by atoms with Crippen molar-refractivity contribution in [2.24, 2.45) is 0 Å². The molecule has 2 aromatic heterocycles. The summed E-state index contributed by atoms with van der Waals surface area (Å²) in [5.41, 5.74) is 0.763. The van der Waals surface area contributed by atoms with Crippen LogP contribution in [0.2, 0.25) is 0 Å². The normalized spacial score (nSPS) is 16.0. The van der Waals surface area contributed by atoms with Crippen LogP contribution in [-0.4, -0.2) is 38.6 Å². The zero-order chi connectivity index (χ0) is 14.5. The largest absolute Gasteiger partial charge is 0.323 e. The molecule has 0 atom stereocenters. The molecule has 7 heteroatoms. The van der Waals surface area contributed by atoms with Gasteiger partial charge in [0.05, 0.1) is 17.9 Å². The van der Waals surface area contributed by atoms with Crippen molar-refractivity contribution in [3.63, 3.8) is 0 Å². The van der Waals surface area contributed by atoms with E-state index in [-0.39, 0.29) is 5.91 Å². The summed E-state index contributed by atoms with van der Waals surface area (Å²) in [5.74, 6) is -0.0182. The molecule has 2 aromatic rings. The van der Waals surface area contributed by atoms with Gasteiger partial charge in [0.25, 0.3) is 0 Å². The van der Waals surface area contributed by atoms with Gasteiger partial charge >= 0.3 is 0 Å². The molecular formula is C14H20N6O. The molecule has 1 saturated heterocycles. The number of nitrogens with one attached hydrogen (secondary N) is 2. The molecule has 0 aliphatic carbocycles. The Labute approximate surface area is 123 Å². The van der Waals surface area contributed by atoms with E-state index in [1.54, 1.807) is 17.1 Å². The Kier molecular flexibility index (Phi) is 4.30. The quantitative estimate of drug-likeness (QED) is 0.861. The van der Waals surface area contributed by atoms with Crippen LogP contribution in [0.3, 0.4) is 0 Å². The first kappa shape index (κ1) is 13.8. The van der Waals surface area contributed by atoms with Crippen LogP contribution >= 0.6 is 0 Å². The molecule has 2 N–H and O–H groups in total. The van der Waals surface area contributed by atoms with Crippen LogP contribution in [0.5, 0.6) is 0 Å². The van der Waals surface area contributed by atoms with Gasteiger partial charge in [-0.05, 0) is 32.0 Å². The van der Waals surface area contributed by atoms with Gasteiger partial charge in [-0.3, -0.25) is 14.2 Å². The number of piperidine rings is 1. The first-order chi connectivity index (χ1) is 10.3. The highest BCUT2D eigenvalue weighted by molar-refractivity contribution is 5.90. The van der Waals surface area contributed by atoms with Crippen molar-refractivity contribution in [2.75, 3.05) is 18.4 Å². The Morgan fingerprint density at radius 3 is 3.00 bits per heavy atom. The van der Waals surface area contributed by atoms with Gasteiger partial charge in [0.15, 0.2) is 0 Å². The number of carbonyl (C=O) groups is 1. The summed E-state index contributed by atoms with van der Waals surface area (Å²) in [5, 5.41) is 14.7. The molecule has 0 spiro atoms. The van der Waals surface area contributed by atoms with Gasteiger partial charge in [-0.2, -0.15) is 10.2 Å². The predicted molar refractivity (Wildman–Crippen MR) is 78.8 cm³/mol. The Bertz CT molecular complexity index is 570. The minimum atomic E-state index is -0.0182. The highest BCUT2D eigenvalue weighted by Crippen LogP contribution is 2.19. The maximum atomic E-state index is 11.9. The predicted octanol–water partition coefficient (Wildman–Crippen LogP) is 1.03. The van der Waals surface area contributed by atoms with Gasteiger partial charge in [0.1, 0.15) is 0 Å². The smallest absolute Gasteiger partial charge is 0.226 e. The van der Waals surface area contributed by atoms with Crippen molar-refractivity contribution in [2.45, 2.75) is 31.8 Å². The lowest BCUT2D eigenvalue weighted by molar-refractivity contribution is -0.116. The summed E-state index contributed by atoms with van der Waals surface area (Å²) >= 11 is 0. The van der Waals surface area contributed by atoms with Crippen LogP contribution in [0.25, 0.3) is 0 Å². The minimum absolute atomic E-state index is 0.0182. The summed E-state index contributed by atoms with van der Waals surface area (Å²) in [4.78, 5) is 11.9. The van der Waals surface area contributed by atoms with E-state index in [4.69, 9.17) is 0 Å². The summed E-state index contributed by atoms with van der Waals surface area (Å²) in [6.45, 7) is 2.63. The molecule has 0 bridgehead atoms. The molecule has 0 aromatic carbocycles. The second-order valence-corrected chi connectivity index (χ2v) is 5.26. The molecule has 0 radical (unpaired) electrons. The van der Waals surface area contributed by atoms with Crippen molar-refractivity contribution in [3.05, 3.63) is 30.9 Å². The number of amides is 1. The minimum Gasteiger partial charge on any atom is -0.323 e. The standard InChI is InChI=1S/C14H20N6O/c21-14(4-9-19-8-1-5-16-19)18-12-10-17-20(11-12)13-2-6-15-7-3-13/h1,5,8,10-11,13,15H,2-4,6-7,9H2,(H,18,21). The fourth-order valence-corrected chi connectivity index (χ4v) is 2.55. The van der Waals surface area contributed by atoms with E-state index in [0.29, 0.717) is 19.0 Å². The Morgan fingerprint density at radius 1 is 1.38 bits per heavy atom. The number of aryl methyl sites for hydroxylation is 1. The van der Waals surface area contributed by atoms with E-state index in [9.17, 15) is 4.79 Å². The molecule has 1 fully saturated rings. The molecule has 1 aliphatic heterocycles. The molecule has 7 nitrogen and oxygen atoms in total. The highest BCUT2D eigenvalue weighted by Gasteiger charge is 2.16. The Hall–Kier alpha value is -2.15. The fraction of sp³-hybridized carbons (Fsp3) is 0.500. The van der Waals surface area contributed by atoms with Crippen LogP contribution in [0.4, 0.5) is 5.69 Å². The fourth-order valence-electron chi connectivity index (χ4n) is 2.55. The van der Waals surface area contributed by atoms with Crippen LogP contribution in [0.15, 0.2) is 30.9 Å². The first-order valence-electron chi connectivity index (χ1n) is 7.33. The van der Waals surface area contributed by atoms with E-state index < -0.39 is 0 Å². The Morgan fingerprint density at radius 2 is 2.24 bits per heavy atom. The molecule has 112 valence electrons. The SMILES string of the molecule is O=C(CCn1cccn1)Nc1cnn(C2CCNCC2)c1. The lowest BCUT2D eigenvalue weighted by Gasteiger charge is -2.22. The second-order valence-electron chi connectivity index (χ2n) is 5.26. The molecule has 3 rings (SSSR count). The van der Waals surface area contributed by atoms with Crippen molar-refractivity contribution in [1.29, 1.82) is 0 Å². The van der Waals surface area contributed by atoms with E-state index in [1.165, 1.54) is 0 Å². The summed E-state index contributed by atoms with van der Waals surface area (Å²) in [6, 6.07) is 2.28. The van der Waals surface area contributed by atoms with Gasteiger partial charge in [0.2, 0.25) is 5.91 Å². The van der Waals surface area contributed by atoms with Crippen LogP contribution < -0.4 is 10.6 Å². The second kappa shape index (κ2) is 6.53. The molecule has 21 heavy (non-hydrogen) atoms. The summed E-state index contributed by atoms with van der Waals surface area (Å²) in [7, 11) is 0. The molecule has 1 amide bonds. The van der Waals surface area contributed by atoms with E-state index >= 15 is 0 Å². The van der Waals surface area contributed by atoms with Crippen LogP contribution in [-0.2, 0) is 11.3 Å². The van der Waals surface area contributed by atoms with Gasteiger partial charge in [-0.25, -0.2) is 0 Å². The summed E-state index contributed by atoms with van der Waals surface area (Å²) < 4.78 is 3.71. The van der Waals surface area contributed by atoms with Crippen molar-refractivity contribution in [1.82, 2.24) is 24.9 Å². The maximum Gasteiger partial charge on any atom is 0.226 e. The molecule has 0 saturated carbocycles. The lowest BCUT2D eigenvalue weighted by atomic mass is 10.1. The van der Waals surface area contributed by atoms with Crippen molar-refractivity contribution in [3.8, 4) is 0 Å². The van der Waals surface area contributed by atoms with Crippen LogP contribution in [0, 0.1) is 0 Å². The monoisotopic (exact) mass is 288 g/mol. The molecule has 1 aliphatic rings. The van der Waals surface area contributed by atoms with Gasteiger partial charge < -0.3 is 10.6 Å². The number of aromatic nitrogens is 4. The van der Waals surface area contributed by atoms with E-state index in [0.717, 1.165) is 31.6 Å².